The fraction of sp³-hybridized carbons (Fsp3) is 0.840. The lowest BCUT2D eigenvalue weighted by atomic mass is 9.45. The monoisotopic (exact) mass is 418 g/mol. The van der Waals surface area contributed by atoms with Gasteiger partial charge in [-0.2, -0.15) is 0 Å². The molecule has 5 nitrogen and oxygen atoms in total. The van der Waals surface area contributed by atoms with E-state index in [1.165, 1.54) is 0 Å². The molecule has 4 fully saturated rings. The topological polar surface area (TPSA) is 88.5 Å². The van der Waals surface area contributed by atoms with E-state index in [0.717, 1.165) is 32.1 Å². The van der Waals surface area contributed by atoms with Gasteiger partial charge in [-0.05, 0) is 54.8 Å². The Hall–Kier alpha value is -1.52. The molecule has 4 saturated carbocycles. The summed E-state index contributed by atoms with van der Waals surface area (Å²) in [4.78, 5) is 47.5. The van der Waals surface area contributed by atoms with Crippen molar-refractivity contribution in [3.63, 3.8) is 0 Å². The highest BCUT2D eigenvalue weighted by Crippen LogP contribution is 2.63. The second-order valence-electron chi connectivity index (χ2n) is 11.1. The molecule has 0 spiro atoms. The molecular weight excluding hydrogens is 380 g/mol. The van der Waals surface area contributed by atoms with Gasteiger partial charge >= 0.3 is 5.97 Å². The van der Waals surface area contributed by atoms with Gasteiger partial charge in [0.1, 0.15) is 17.3 Å². The fourth-order valence-corrected chi connectivity index (χ4v) is 6.86. The van der Waals surface area contributed by atoms with Crippen LogP contribution in [0.15, 0.2) is 0 Å². The number of carboxylic acid groups (broad SMARTS) is 1. The Morgan fingerprint density at radius 1 is 1.07 bits per heavy atom. The van der Waals surface area contributed by atoms with Gasteiger partial charge in [-0.1, -0.05) is 34.1 Å². The summed E-state index contributed by atoms with van der Waals surface area (Å²) in [6, 6.07) is 0. The van der Waals surface area contributed by atoms with Crippen LogP contribution in [-0.4, -0.2) is 28.4 Å². The normalized spacial score (nSPS) is 40.2. The molecule has 0 aromatic rings. The summed E-state index contributed by atoms with van der Waals surface area (Å²) in [6.45, 7) is 8.40. The van der Waals surface area contributed by atoms with E-state index >= 15 is 0 Å². The molecule has 4 aliphatic rings. The van der Waals surface area contributed by atoms with Crippen molar-refractivity contribution in [2.45, 2.75) is 91.9 Å². The minimum Gasteiger partial charge on any atom is -0.481 e. The quantitative estimate of drug-likeness (QED) is 0.707. The molecule has 0 aromatic carbocycles. The fourth-order valence-electron chi connectivity index (χ4n) is 6.86. The maximum atomic E-state index is 12.9. The first-order valence-corrected chi connectivity index (χ1v) is 11.8. The zero-order valence-corrected chi connectivity index (χ0v) is 19.0. The lowest BCUT2D eigenvalue weighted by Gasteiger charge is -2.58. The van der Waals surface area contributed by atoms with Crippen molar-refractivity contribution in [2.75, 3.05) is 0 Å². The van der Waals surface area contributed by atoms with Crippen molar-refractivity contribution < 1.29 is 24.3 Å². The van der Waals surface area contributed by atoms with E-state index in [4.69, 9.17) is 5.11 Å². The van der Waals surface area contributed by atoms with Gasteiger partial charge in [0.15, 0.2) is 0 Å². The molecule has 168 valence electrons. The predicted molar refractivity (Wildman–Crippen MR) is 114 cm³/mol. The first kappa shape index (κ1) is 23.1. The molecule has 0 saturated heterocycles. The van der Waals surface area contributed by atoms with E-state index in [-0.39, 0.29) is 34.5 Å². The van der Waals surface area contributed by atoms with Gasteiger partial charge in [0.05, 0.1) is 0 Å². The lowest BCUT2D eigenvalue weighted by molar-refractivity contribution is -0.163. The van der Waals surface area contributed by atoms with E-state index in [1.807, 2.05) is 13.8 Å². The molecule has 0 unspecified atom stereocenters. The number of aliphatic carboxylic acids is 1. The van der Waals surface area contributed by atoms with Crippen LogP contribution in [0.3, 0.4) is 0 Å². The van der Waals surface area contributed by atoms with Gasteiger partial charge < -0.3 is 5.11 Å². The molecule has 4 aliphatic carbocycles. The predicted octanol–water partition coefficient (Wildman–Crippen LogP) is 4.85. The number of fused-ring (bicyclic) bond motifs is 5. The molecule has 0 aromatic heterocycles. The minimum atomic E-state index is -0.696. The summed E-state index contributed by atoms with van der Waals surface area (Å²) in [7, 11) is 0. The molecule has 0 radical (unpaired) electrons. The Bertz CT molecular complexity index is 725. The SMILES string of the molecule is CC(C)CCC(=O)O.C[C@@]12CCC(=O)C[C@@H]1CC(=O)[C@H]1[C@H]3CCC[C@]3(C)C(=O)C[C@@H]12. The molecule has 30 heavy (non-hydrogen) atoms. The van der Waals surface area contributed by atoms with E-state index in [9.17, 15) is 19.2 Å². The van der Waals surface area contributed by atoms with Crippen LogP contribution in [0.2, 0.25) is 0 Å². The van der Waals surface area contributed by atoms with Gasteiger partial charge in [-0.3, -0.25) is 19.2 Å². The van der Waals surface area contributed by atoms with E-state index < -0.39 is 5.97 Å². The highest BCUT2D eigenvalue weighted by molar-refractivity contribution is 5.92. The second-order valence-corrected chi connectivity index (χ2v) is 11.1. The van der Waals surface area contributed by atoms with Gasteiger partial charge in [-0.15, -0.1) is 0 Å². The first-order chi connectivity index (χ1) is 14.0. The molecule has 6 atom stereocenters. The number of carbonyl (C=O) groups excluding carboxylic acids is 3. The van der Waals surface area contributed by atoms with Crippen LogP contribution >= 0.6 is 0 Å². The molecule has 0 aliphatic heterocycles. The van der Waals surface area contributed by atoms with Gasteiger partial charge in [0.25, 0.3) is 0 Å². The Balaban J connectivity index is 0.000000275. The highest BCUT2D eigenvalue weighted by Gasteiger charge is 2.63. The third-order valence-electron chi connectivity index (χ3n) is 8.89. The number of rotatable bonds is 3. The number of Topliss-reactive ketones (excluding diaryl/α,β-unsaturated/α-hetero) is 3. The van der Waals surface area contributed by atoms with Gasteiger partial charge in [0.2, 0.25) is 0 Å². The van der Waals surface area contributed by atoms with Crippen molar-refractivity contribution in [3.8, 4) is 0 Å². The number of hydrogen-bond donors (Lipinski definition) is 1. The lowest BCUT2D eigenvalue weighted by Crippen LogP contribution is -2.58. The Morgan fingerprint density at radius 3 is 2.37 bits per heavy atom. The Kier molecular flexibility index (Phi) is 6.60. The zero-order chi connectivity index (χ0) is 22.3. The third-order valence-corrected chi connectivity index (χ3v) is 8.89. The summed E-state index contributed by atoms with van der Waals surface area (Å²) in [5.74, 6) is 1.58. The van der Waals surface area contributed by atoms with Crippen LogP contribution in [0.5, 0.6) is 0 Å². The molecule has 5 heteroatoms. The molecule has 0 amide bonds. The van der Waals surface area contributed by atoms with Crippen LogP contribution in [-0.2, 0) is 19.2 Å². The van der Waals surface area contributed by atoms with E-state index in [1.54, 1.807) is 0 Å². The molecule has 1 N–H and O–H groups in total. The smallest absolute Gasteiger partial charge is 0.303 e. The molecule has 4 rings (SSSR count). The molecular formula is C25H38O5. The highest BCUT2D eigenvalue weighted by atomic mass is 16.4. The van der Waals surface area contributed by atoms with Crippen LogP contribution in [0, 0.1) is 40.4 Å². The van der Waals surface area contributed by atoms with E-state index in [2.05, 4.69) is 13.8 Å². The zero-order valence-electron chi connectivity index (χ0n) is 19.0. The summed E-state index contributed by atoms with van der Waals surface area (Å²) >= 11 is 0. The summed E-state index contributed by atoms with van der Waals surface area (Å²) < 4.78 is 0. The second kappa shape index (κ2) is 8.55. The Morgan fingerprint density at radius 2 is 1.77 bits per heavy atom. The maximum absolute atomic E-state index is 12.9. The number of carboxylic acids is 1. The Labute approximate surface area is 180 Å². The van der Waals surface area contributed by atoms with Crippen molar-refractivity contribution in [1.82, 2.24) is 0 Å². The van der Waals surface area contributed by atoms with Crippen LogP contribution in [0.4, 0.5) is 0 Å². The number of carbonyl (C=O) groups is 4. The summed E-state index contributed by atoms with van der Waals surface area (Å²) in [6.07, 6.45) is 7.40. The van der Waals surface area contributed by atoms with Crippen molar-refractivity contribution >= 4 is 23.3 Å². The maximum Gasteiger partial charge on any atom is 0.303 e. The summed E-state index contributed by atoms with van der Waals surface area (Å²) in [5.41, 5.74) is -0.226. The standard InChI is InChI=1S/C19H26O3.C6H12O2/c1-18-7-5-12(20)8-11(18)9-15(21)17-13-4-3-6-19(13,2)16(22)10-14(17)18;1-5(2)3-4-6(7)8/h11,13-14,17H,3-10H2,1-2H3;5H,3-4H2,1-2H3,(H,7,8)/t11-,13-,14+,17+,18-,19+;/m1./s1. The molecule has 0 bridgehead atoms. The van der Waals surface area contributed by atoms with Crippen LogP contribution in [0.25, 0.3) is 0 Å². The first-order valence-electron chi connectivity index (χ1n) is 11.8. The van der Waals surface area contributed by atoms with Crippen LogP contribution < -0.4 is 0 Å². The third kappa shape index (κ3) is 4.13. The van der Waals surface area contributed by atoms with Gasteiger partial charge in [0, 0.05) is 43.4 Å². The number of ketones is 3. The van der Waals surface area contributed by atoms with Crippen LogP contribution in [0.1, 0.15) is 91.9 Å². The van der Waals surface area contributed by atoms with Gasteiger partial charge in [-0.25, -0.2) is 0 Å². The van der Waals surface area contributed by atoms with Crippen molar-refractivity contribution in [2.24, 2.45) is 40.4 Å². The average Bonchev–Trinajstić information content (AvgIpc) is 3.06. The molecule has 0 heterocycles. The van der Waals surface area contributed by atoms with Crippen molar-refractivity contribution in [1.29, 1.82) is 0 Å². The van der Waals surface area contributed by atoms with E-state index in [0.29, 0.717) is 55.4 Å². The van der Waals surface area contributed by atoms with Crippen molar-refractivity contribution in [3.05, 3.63) is 0 Å². The summed E-state index contributed by atoms with van der Waals surface area (Å²) in [5, 5.41) is 8.16. The number of hydrogen-bond acceptors (Lipinski definition) is 4. The largest absolute Gasteiger partial charge is 0.481 e. The average molecular weight is 419 g/mol. The minimum absolute atomic E-state index is 0.0199.